The molecule has 2 aromatic carbocycles. The van der Waals surface area contributed by atoms with E-state index in [1.165, 1.54) is 61.5 Å². The Balaban J connectivity index is 1.53. The molecule has 9 amide bonds. The summed E-state index contributed by atoms with van der Waals surface area (Å²) in [7, 11) is 0. The van der Waals surface area contributed by atoms with E-state index in [2.05, 4.69) is 52.8 Å². The van der Waals surface area contributed by atoms with Gasteiger partial charge >= 0.3 is 17.9 Å². The van der Waals surface area contributed by atoms with Gasteiger partial charge in [0.25, 0.3) is 5.91 Å². The highest BCUT2D eigenvalue weighted by Gasteiger charge is 2.32. The van der Waals surface area contributed by atoms with E-state index in [-0.39, 0.29) is 136 Å². The first kappa shape index (κ1) is 78.9. The molecule has 33 heteroatoms. The number of nitrogens with one attached hydrogen (secondary N) is 9. The predicted molar refractivity (Wildman–Crippen MR) is 352 cm³/mol. The number of phenols is 1. The summed E-state index contributed by atoms with van der Waals surface area (Å²) >= 11 is 0. The SMILES string of the molecule is CC(=O)N[C@@H](CCCN=C(N)N)C(=O)NCC(=O)N[C@@H](CC(=O)O)C(=O)C[C@H](CCCCNC(=O)c1ccc(-c2c3ccc(=O)cc-3oc3cc(O)ccc23)c(C(=O)O)c1)C(=O)NCCCC[C@H](NC(=O)[C@H](CCCCN)NC(=O)[C@@H](CCCCN)NC(C)=O)C(=O)NCC(=O)O. The minimum absolute atomic E-state index is 0.0460. The van der Waals surface area contributed by atoms with Crippen LogP contribution in [0.1, 0.15) is 137 Å². The fourth-order valence-electron chi connectivity index (χ4n) is 10.4. The lowest BCUT2D eigenvalue weighted by Gasteiger charge is -2.25. The van der Waals surface area contributed by atoms with E-state index >= 15 is 0 Å². The van der Waals surface area contributed by atoms with Gasteiger partial charge in [-0.1, -0.05) is 12.5 Å². The van der Waals surface area contributed by atoms with Crippen molar-refractivity contribution in [2.24, 2.45) is 33.8 Å². The number of Topliss-reactive ketones (excluding diaryl/α,β-unsaturated/α-hetero) is 1. The molecule has 2 aliphatic rings. The summed E-state index contributed by atoms with van der Waals surface area (Å²) in [5.41, 5.74) is 22.3. The Labute approximate surface area is 557 Å². The topological polar surface area (TPSA) is 558 Å². The number of phenolic OH excluding ortho intramolecular Hbond substituents is 1. The van der Waals surface area contributed by atoms with Crippen LogP contribution in [0.3, 0.4) is 0 Å². The number of hydrogen-bond donors (Lipinski definition) is 17. The summed E-state index contributed by atoms with van der Waals surface area (Å²) in [6.45, 7) is 1.36. The lowest BCUT2D eigenvalue weighted by atomic mass is 9.90. The monoisotopic (exact) mass is 1360 g/mol. The van der Waals surface area contributed by atoms with Crippen molar-refractivity contribution >= 4 is 93.8 Å². The van der Waals surface area contributed by atoms with Crippen LogP contribution in [-0.2, 0) is 52.7 Å². The molecule has 6 atom stereocenters. The minimum Gasteiger partial charge on any atom is -0.508 e. The van der Waals surface area contributed by atoms with Gasteiger partial charge in [-0.3, -0.25) is 67.3 Å². The van der Waals surface area contributed by atoms with Crippen LogP contribution in [0.25, 0.3) is 33.4 Å². The molecule has 97 heavy (non-hydrogen) atoms. The molecule has 1 aliphatic heterocycles. The van der Waals surface area contributed by atoms with E-state index in [9.17, 15) is 87.5 Å². The van der Waals surface area contributed by atoms with Crippen LogP contribution in [0.15, 0.2) is 68.8 Å². The van der Waals surface area contributed by atoms with Gasteiger partial charge in [-0.15, -0.1) is 0 Å². The first-order valence-electron chi connectivity index (χ1n) is 31.7. The maximum Gasteiger partial charge on any atom is 0.336 e. The van der Waals surface area contributed by atoms with Crippen molar-refractivity contribution < 1.29 is 87.2 Å². The number of carboxylic acids is 3. The second kappa shape index (κ2) is 40.6. The molecule has 2 aromatic rings. The molecule has 1 aliphatic carbocycles. The number of benzene rings is 3. The molecule has 0 saturated heterocycles. The highest BCUT2D eigenvalue weighted by molar-refractivity contribution is 6.09. The Morgan fingerprint density at radius 3 is 1.65 bits per heavy atom. The Morgan fingerprint density at radius 1 is 0.526 bits per heavy atom. The third-order valence-corrected chi connectivity index (χ3v) is 15.2. The van der Waals surface area contributed by atoms with Gasteiger partial charge in [0, 0.05) is 80.0 Å². The molecular formula is C64H88N14O19. The maximum absolute atomic E-state index is 14.1. The van der Waals surface area contributed by atoms with Gasteiger partial charge in [0.1, 0.15) is 47.8 Å². The number of carbonyl (C=O) groups excluding carboxylic acids is 10. The summed E-state index contributed by atoms with van der Waals surface area (Å²) in [4.78, 5) is 186. The fraction of sp³-hybridized carbons (Fsp3) is 0.484. The summed E-state index contributed by atoms with van der Waals surface area (Å²) in [5.74, 6) is -13.3. The molecule has 33 nitrogen and oxygen atoms in total. The van der Waals surface area contributed by atoms with Gasteiger partial charge in [-0.05, 0) is 139 Å². The van der Waals surface area contributed by atoms with Crippen molar-refractivity contribution in [2.75, 3.05) is 45.8 Å². The second-order valence-electron chi connectivity index (χ2n) is 23.0. The number of aromatic hydroxyl groups is 1. The molecule has 528 valence electrons. The Morgan fingerprint density at radius 2 is 1.07 bits per heavy atom. The lowest BCUT2D eigenvalue weighted by molar-refractivity contribution is -0.141. The van der Waals surface area contributed by atoms with Gasteiger partial charge in [-0.2, -0.15) is 0 Å². The molecular weight excluding hydrogens is 1270 g/mol. The number of aliphatic imine (C=N–C) groups is 1. The molecule has 21 N–H and O–H groups in total. The number of nitrogens with two attached hydrogens (primary N) is 4. The number of aromatic carboxylic acids is 1. The zero-order valence-electron chi connectivity index (χ0n) is 54.1. The number of unbranched alkanes of at least 4 members (excludes halogenated alkanes) is 4. The number of carbonyl (C=O) groups is 13. The number of hydrogen-bond acceptors (Lipinski definition) is 19. The number of carboxylic acid groups (broad SMARTS) is 3. The lowest BCUT2D eigenvalue weighted by Crippen LogP contribution is -2.56. The summed E-state index contributed by atoms with van der Waals surface area (Å²) in [6, 6.07) is 5.67. The zero-order valence-corrected chi connectivity index (χ0v) is 54.1. The first-order chi connectivity index (χ1) is 46.1. The molecule has 0 aromatic heterocycles. The number of rotatable bonds is 44. The Kier molecular flexibility index (Phi) is 33.0. The summed E-state index contributed by atoms with van der Waals surface area (Å²) in [6.07, 6.45) is 1.15. The van der Waals surface area contributed by atoms with Crippen molar-refractivity contribution in [3.8, 4) is 28.2 Å². The van der Waals surface area contributed by atoms with Crippen LogP contribution in [0.2, 0.25) is 0 Å². The first-order valence-corrected chi connectivity index (χ1v) is 31.7. The largest absolute Gasteiger partial charge is 0.508 e. The van der Waals surface area contributed by atoms with E-state index in [1.807, 2.05) is 0 Å². The zero-order chi connectivity index (χ0) is 71.7. The highest BCUT2D eigenvalue weighted by atomic mass is 16.4. The van der Waals surface area contributed by atoms with Gasteiger partial charge < -0.3 is 95.6 Å². The van der Waals surface area contributed by atoms with Crippen LogP contribution in [-0.4, -0.2) is 179 Å². The minimum atomic E-state index is -1.73. The van der Waals surface area contributed by atoms with Gasteiger partial charge in [-0.25, -0.2) is 4.79 Å². The fourth-order valence-corrected chi connectivity index (χ4v) is 10.4. The standard InChI is InChI=1S/C64H88N14O19/c1-35(79)74-45(16-11-27-71-64(67)68)59(91)72-33-53(84)76-49(32-54(85)86)50(83)29-37(12-5-9-25-70-58(90)38-17-20-41(44(28-38)63(95)96)56-42-21-18-39(81)30-51(42)97-52-31-40(82)19-22-43(52)56)57(89)69-26-10-6-15-46(60(92)73-34-55(87)88)77-62(94)48(14-4-8-24-66)78-61(93)47(75-36(2)80)13-3-7-23-65/h17-22,28,30-31,37,45-49,81H,3-16,23-27,29,32-34,65-66H2,1-2H3,(H,69,89)(H,70,90)(H,72,91)(H,73,92)(H,74,79)(H,75,80)(H,76,84)(H,77,94)(H,78,93)(H,85,86)(H,87,88)(H,95,96)(H4,67,68,71)/t37-,45-,46-,47+,48-,49-/m0/s1. The number of amides is 9. The number of aliphatic carboxylic acids is 2. The summed E-state index contributed by atoms with van der Waals surface area (Å²) < 4.78 is 5.90. The average Bonchev–Trinajstić information content (AvgIpc) is 0.749. The smallest absolute Gasteiger partial charge is 0.336 e. The number of guanidine groups is 1. The van der Waals surface area contributed by atoms with Crippen LogP contribution in [0, 0.1) is 5.92 Å². The van der Waals surface area contributed by atoms with E-state index in [4.69, 9.17) is 27.4 Å². The maximum atomic E-state index is 14.1. The number of nitrogens with zero attached hydrogens (tertiary/aromatic N) is 1. The molecule has 0 bridgehead atoms. The molecule has 1 heterocycles. The normalized spacial score (nSPS) is 12.8. The average molecular weight is 1360 g/mol. The van der Waals surface area contributed by atoms with E-state index < -0.39 is 139 Å². The quantitative estimate of drug-likeness (QED) is 0.0113. The van der Waals surface area contributed by atoms with Crippen LogP contribution in [0.4, 0.5) is 0 Å². The summed E-state index contributed by atoms with van der Waals surface area (Å²) in [5, 5.41) is 62.8. The van der Waals surface area contributed by atoms with E-state index in [0.717, 1.165) is 6.92 Å². The molecule has 0 saturated carbocycles. The molecule has 4 rings (SSSR count). The Hall–Kier alpha value is -10.6. The molecule has 0 unspecified atom stereocenters. The Bertz CT molecular complexity index is 3520. The van der Waals surface area contributed by atoms with Crippen molar-refractivity contribution in [3.63, 3.8) is 0 Å². The van der Waals surface area contributed by atoms with Gasteiger partial charge in [0.15, 0.2) is 17.2 Å². The number of fused-ring (bicyclic) bond motifs is 2. The molecule has 0 fully saturated rings. The van der Waals surface area contributed by atoms with E-state index in [0.29, 0.717) is 48.7 Å². The van der Waals surface area contributed by atoms with Crippen molar-refractivity contribution in [2.45, 2.75) is 147 Å². The van der Waals surface area contributed by atoms with Gasteiger partial charge in [0.2, 0.25) is 47.3 Å². The number of ketones is 1. The van der Waals surface area contributed by atoms with Crippen LogP contribution >= 0.6 is 0 Å². The molecule has 0 spiro atoms. The van der Waals surface area contributed by atoms with Crippen molar-refractivity contribution in [3.05, 3.63) is 75.9 Å². The molecule has 0 radical (unpaired) electrons. The second-order valence-corrected chi connectivity index (χ2v) is 23.0. The van der Waals surface area contributed by atoms with E-state index in [1.54, 1.807) is 0 Å². The third-order valence-electron chi connectivity index (χ3n) is 15.2. The van der Waals surface area contributed by atoms with Crippen molar-refractivity contribution in [1.82, 2.24) is 47.9 Å². The van der Waals surface area contributed by atoms with Crippen LogP contribution < -0.4 is 76.2 Å². The third kappa shape index (κ3) is 27.4. The van der Waals surface area contributed by atoms with Crippen molar-refractivity contribution in [1.29, 1.82) is 0 Å². The van der Waals surface area contributed by atoms with Gasteiger partial charge in [0.05, 0.1) is 24.6 Å². The highest BCUT2D eigenvalue weighted by Crippen LogP contribution is 2.42. The van der Waals surface area contributed by atoms with Crippen LogP contribution in [0.5, 0.6) is 5.75 Å². The predicted octanol–water partition coefficient (Wildman–Crippen LogP) is -0.702.